The minimum atomic E-state index is -0.752. The van der Waals surface area contributed by atoms with Gasteiger partial charge in [0.2, 0.25) is 5.91 Å². The third kappa shape index (κ3) is 9.24. The minimum absolute atomic E-state index is 0.128. The van der Waals surface area contributed by atoms with Crippen molar-refractivity contribution in [3.8, 4) is 0 Å². The first-order chi connectivity index (χ1) is 13.6. The maximum atomic E-state index is 13.2. The number of rotatable bonds is 13. The van der Waals surface area contributed by atoms with Crippen LogP contribution in [-0.4, -0.2) is 73.0 Å². The van der Waals surface area contributed by atoms with Gasteiger partial charge in [-0.25, -0.2) is 9.59 Å². The van der Waals surface area contributed by atoms with Crippen molar-refractivity contribution in [1.82, 2.24) is 9.80 Å². The van der Waals surface area contributed by atoms with E-state index in [0.717, 1.165) is 19.3 Å². The molecule has 7 nitrogen and oxygen atoms in total. The van der Waals surface area contributed by atoms with E-state index in [1.807, 2.05) is 27.7 Å². The highest BCUT2D eigenvalue weighted by Gasteiger charge is 2.38. The SMILES string of the molecule is CCCCCOC(=O)C(C(C)C)N(C)C(=O)C(C(C)C)N(C)C(=O)OCCCCl. The summed E-state index contributed by atoms with van der Waals surface area (Å²) in [6.07, 6.45) is 2.78. The Kier molecular flexibility index (Phi) is 13.7. The number of amides is 2. The van der Waals surface area contributed by atoms with Crippen LogP contribution < -0.4 is 0 Å². The van der Waals surface area contributed by atoms with E-state index in [9.17, 15) is 14.4 Å². The van der Waals surface area contributed by atoms with E-state index < -0.39 is 24.1 Å². The Balaban J connectivity index is 5.27. The fourth-order valence-corrected chi connectivity index (χ4v) is 3.27. The number of hydrogen-bond donors (Lipinski definition) is 0. The Labute approximate surface area is 181 Å². The zero-order valence-electron chi connectivity index (χ0n) is 19.1. The summed E-state index contributed by atoms with van der Waals surface area (Å²) in [6.45, 7) is 10.1. The van der Waals surface area contributed by atoms with Crippen LogP contribution in [0.2, 0.25) is 0 Å². The third-order valence-electron chi connectivity index (χ3n) is 4.72. The van der Waals surface area contributed by atoms with Gasteiger partial charge in [0.05, 0.1) is 13.2 Å². The second-order valence-electron chi connectivity index (χ2n) is 7.97. The lowest BCUT2D eigenvalue weighted by Crippen LogP contribution is -2.56. The summed E-state index contributed by atoms with van der Waals surface area (Å²) in [5.41, 5.74) is 0. The van der Waals surface area contributed by atoms with Crippen LogP contribution in [-0.2, 0) is 19.1 Å². The zero-order chi connectivity index (χ0) is 22.6. The van der Waals surface area contributed by atoms with Gasteiger partial charge in [0.15, 0.2) is 0 Å². The summed E-state index contributed by atoms with van der Waals surface area (Å²) in [5.74, 6) is -0.633. The van der Waals surface area contributed by atoms with Crippen molar-refractivity contribution < 1.29 is 23.9 Å². The van der Waals surface area contributed by atoms with E-state index in [-0.39, 0.29) is 24.3 Å². The van der Waals surface area contributed by atoms with Crippen LogP contribution in [0, 0.1) is 11.8 Å². The number of unbranched alkanes of at least 4 members (excludes halogenated alkanes) is 2. The summed E-state index contributed by atoms with van der Waals surface area (Å²) in [4.78, 5) is 40.9. The molecule has 0 radical (unpaired) electrons. The van der Waals surface area contributed by atoms with Gasteiger partial charge in [0.25, 0.3) is 0 Å². The Morgan fingerprint density at radius 2 is 1.38 bits per heavy atom. The largest absolute Gasteiger partial charge is 0.464 e. The van der Waals surface area contributed by atoms with Gasteiger partial charge >= 0.3 is 12.1 Å². The predicted molar refractivity (Wildman–Crippen MR) is 115 cm³/mol. The van der Waals surface area contributed by atoms with E-state index in [1.54, 1.807) is 7.05 Å². The highest BCUT2D eigenvalue weighted by molar-refractivity contribution is 6.17. The number of carbonyl (C=O) groups excluding carboxylic acids is 3. The van der Waals surface area contributed by atoms with Crippen LogP contribution in [0.4, 0.5) is 4.79 Å². The highest BCUT2D eigenvalue weighted by Crippen LogP contribution is 2.19. The fraction of sp³-hybridized carbons (Fsp3) is 0.857. The number of ether oxygens (including phenoxy) is 2. The molecule has 0 fully saturated rings. The lowest BCUT2D eigenvalue weighted by atomic mass is 9.98. The molecule has 0 aromatic carbocycles. The zero-order valence-corrected chi connectivity index (χ0v) is 19.8. The number of hydrogen-bond acceptors (Lipinski definition) is 5. The molecule has 2 atom stereocenters. The number of esters is 1. The normalized spacial score (nSPS) is 13.2. The first-order valence-electron chi connectivity index (χ1n) is 10.5. The molecule has 0 aromatic rings. The second kappa shape index (κ2) is 14.5. The van der Waals surface area contributed by atoms with Crippen molar-refractivity contribution in [2.75, 3.05) is 33.2 Å². The molecular weight excluding hydrogens is 396 g/mol. The highest BCUT2D eigenvalue weighted by atomic mass is 35.5. The molecule has 8 heteroatoms. The van der Waals surface area contributed by atoms with Crippen LogP contribution in [0.15, 0.2) is 0 Å². The van der Waals surface area contributed by atoms with Crippen molar-refractivity contribution in [1.29, 1.82) is 0 Å². The molecule has 0 N–H and O–H groups in total. The first-order valence-corrected chi connectivity index (χ1v) is 11.0. The van der Waals surface area contributed by atoms with Crippen LogP contribution in [0.5, 0.6) is 0 Å². The van der Waals surface area contributed by atoms with Gasteiger partial charge in [-0.1, -0.05) is 47.5 Å². The molecule has 0 aromatic heterocycles. The molecule has 0 aliphatic heterocycles. The van der Waals surface area contributed by atoms with Crippen molar-refractivity contribution in [3.05, 3.63) is 0 Å². The number of alkyl halides is 1. The van der Waals surface area contributed by atoms with Crippen molar-refractivity contribution in [2.24, 2.45) is 11.8 Å². The van der Waals surface area contributed by atoms with E-state index in [2.05, 4.69) is 6.92 Å². The van der Waals surface area contributed by atoms with E-state index in [4.69, 9.17) is 21.1 Å². The molecule has 2 amide bonds. The summed E-state index contributed by atoms with van der Waals surface area (Å²) in [6, 6.07) is -1.47. The molecule has 0 aliphatic carbocycles. The lowest BCUT2D eigenvalue weighted by molar-refractivity contribution is -0.158. The lowest BCUT2D eigenvalue weighted by Gasteiger charge is -2.36. The molecule has 0 bridgehead atoms. The summed E-state index contributed by atoms with van der Waals surface area (Å²) >= 11 is 5.61. The van der Waals surface area contributed by atoms with Gasteiger partial charge in [-0.15, -0.1) is 11.6 Å². The summed E-state index contributed by atoms with van der Waals surface area (Å²) < 4.78 is 10.6. The number of carbonyl (C=O) groups is 3. The Morgan fingerprint density at radius 1 is 0.828 bits per heavy atom. The fourth-order valence-electron chi connectivity index (χ4n) is 3.16. The van der Waals surface area contributed by atoms with Crippen LogP contribution in [0.3, 0.4) is 0 Å². The molecule has 170 valence electrons. The molecule has 0 rings (SSSR count). The molecular formula is C21H39ClN2O5. The number of halogens is 1. The van der Waals surface area contributed by atoms with E-state index in [0.29, 0.717) is 18.9 Å². The third-order valence-corrected chi connectivity index (χ3v) is 4.99. The van der Waals surface area contributed by atoms with Crippen molar-refractivity contribution in [3.63, 3.8) is 0 Å². The molecule has 29 heavy (non-hydrogen) atoms. The Hall–Kier alpha value is -1.50. The van der Waals surface area contributed by atoms with Gasteiger partial charge in [-0.2, -0.15) is 0 Å². The summed E-state index contributed by atoms with van der Waals surface area (Å²) in [7, 11) is 3.12. The average Bonchev–Trinajstić information content (AvgIpc) is 2.64. The van der Waals surface area contributed by atoms with Gasteiger partial charge in [0.1, 0.15) is 12.1 Å². The molecule has 0 spiro atoms. The molecule has 0 heterocycles. The standard InChI is InChI=1S/C21H39ClN2O5/c1-8-9-10-13-28-20(26)18(16(4)5)23(6)19(25)17(15(2)3)24(7)21(27)29-14-11-12-22/h15-18H,8-14H2,1-7H3. The van der Waals surface area contributed by atoms with E-state index >= 15 is 0 Å². The molecule has 0 saturated carbocycles. The number of likely N-dealkylation sites (N-methyl/N-ethyl adjacent to an activating group) is 2. The molecule has 2 unspecified atom stereocenters. The monoisotopic (exact) mass is 434 g/mol. The van der Waals surface area contributed by atoms with Gasteiger partial charge in [-0.3, -0.25) is 9.69 Å². The van der Waals surface area contributed by atoms with Gasteiger partial charge in [-0.05, 0) is 24.7 Å². The van der Waals surface area contributed by atoms with Crippen LogP contribution >= 0.6 is 11.6 Å². The maximum Gasteiger partial charge on any atom is 0.410 e. The Morgan fingerprint density at radius 3 is 1.86 bits per heavy atom. The number of nitrogens with zero attached hydrogens (tertiary/aromatic N) is 2. The van der Waals surface area contributed by atoms with Gasteiger partial charge in [0, 0.05) is 20.0 Å². The van der Waals surface area contributed by atoms with Crippen LogP contribution in [0.25, 0.3) is 0 Å². The Bertz CT molecular complexity index is 513. The van der Waals surface area contributed by atoms with Crippen molar-refractivity contribution in [2.45, 2.75) is 72.4 Å². The average molecular weight is 435 g/mol. The van der Waals surface area contributed by atoms with Crippen LogP contribution in [0.1, 0.15) is 60.3 Å². The minimum Gasteiger partial charge on any atom is -0.464 e. The van der Waals surface area contributed by atoms with Crippen molar-refractivity contribution >= 4 is 29.6 Å². The predicted octanol–water partition coefficient (Wildman–Crippen LogP) is 3.92. The first kappa shape index (κ1) is 27.5. The summed E-state index contributed by atoms with van der Waals surface area (Å²) in [5, 5.41) is 0. The quantitative estimate of drug-likeness (QED) is 0.249. The van der Waals surface area contributed by atoms with Gasteiger partial charge < -0.3 is 14.4 Å². The smallest absolute Gasteiger partial charge is 0.410 e. The molecule has 0 aliphatic rings. The maximum absolute atomic E-state index is 13.2. The van der Waals surface area contributed by atoms with E-state index in [1.165, 1.54) is 16.8 Å². The topological polar surface area (TPSA) is 76.2 Å². The molecule has 0 saturated heterocycles. The second-order valence-corrected chi connectivity index (χ2v) is 8.35.